The number of carbonyl (C=O) groups is 2. The number of likely N-dealkylation sites (N-methyl/N-ethyl adjacent to an activating group) is 1. The van der Waals surface area contributed by atoms with Crippen molar-refractivity contribution in [2.45, 2.75) is 39.5 Å². The van der Waals surface area contributed by atoms with E-state index >= 15 is 0 Å². The summed E-state index contributed by atoms with van der Waals surface area (Å²) in [5.74, 6) is 1.41. The zero-order chi connectivity index (χ0) is 22.4. The fourth-order valence-corrected chi connectivity index (χ4v) is 4.59. The molecule has 3 rings (SSSR count). The predicted molar refractivity (Wildman–Crippen MR) is 123 cm³/mol. The van der Waals surface area contributed by atoms with Crippen molar-refractivity contribution in [2.24, 2.45) is 11.3 Å². The van der Waals surface area contributed by atoms with Gasteiger partial charge in [0.15, 0.2) is 0 Å². The molecule has 7 heteroatoms. The molecule has 2 aliphatic heterocycles. The highest BCUT2D eigenvalue weighted by molar-refractivity contribution is 6.30. The van der Waals surface area contributed by atoms with Crippen LogP contribution >= 0.6 is 11.6 Å². The van der Waals surface area contributed by atoms with Gasteiger partial charge in [-0.2, -0.15) is 0 Å². The number of amides is 2. The van der Waals surface area contributed by atoms with Gasteiger partial charge in [0.1, 0.15) is 5.75 Å². The highest BCUT2D eigenvalue weighted by atomic mass is 35.5. The molecule has 1 atom stereocenters. The standard InChI is InChI=1S/C24H36ClN3O3/c1-19(2)15-22(29)28-10-4-9-24(17-28,18-31-21-7-5-20(25)6-8-21)16-23(30)27-13-11-26(3)12-14-27/h5-8,19H,4,9-18H2,1-3H3/t24-/m1/s1. The van der Waals surface area contributed by atoms with E-state index in [-0.39, 0.29) is 17.2 Å². The summed E-state index contributed by atoms with van der Waals surface area (Å²) in [6.07, 6.45) is 2.73. The lowest BCUT2D eigenvalue weighted by Crippen LogP contribution is -2.53. The molecule has 0 radical (unpaired) electrons. The number of carbonyl (C=O) groups excluding carboxylic acids is 2. The molecule has 1 aromatic carbocycles. The topological polar surface area (TPSA) is 53.1 Å². The van der Waals surface area contributed by atoms with Crippen LogP contribution in [0.1, 0.15) is 39.5 Å². The first-order chi connectivity index (χ1) is 14.8. The van der Waals surface area contributed by atoms with Crippen molar-refractivity contribution in [3.63, 3.8) is 0 Å². The number of piperidine rings is 1. The smallest absolute Gasteiger partial charge is 0.223 e. The Balaban J connectivity index is 1.73. The fourth-order valence-electron chi connectivity index (χ4n) is 4.47. The molecule has 2 aliphatic rings. The van der Waals surface area contributed by atoms with Gasteiger partial charge in [-0.25, -0.2) is 0 Å². The number of halogens is 1. The van der Waals surface area contributed by atoms with E-state index in [1.54, 1.807) is 12.1 Å². The molecule has 0 spiro atoms. The van der Waals surface area contributed by atoms with Gasteiger partial charge in [-0.05, 0) is 50.1 Å². The molecule has 0 saturated carbocycles. The van der Waals surface area contributed by atoms with Crippen molar-refractivity contribution in [2.75, 3.05) is 52.9 Å². The van der Waals surface area contributed by atoms with Gasteiger partial charge in [0, 0.05) is 62.5 Å². The van der Waals surface area contributed by atoms with Crippen LogP contribution in [0.25, 0.3) is 0 Å². The maximum atomic E-state index is 13.2. The molecule has 2 fully saturated rings. The van der Waals surface area contributed by atoms with Crippen molar-refractivity contribution >= 4 is 23.4 Å². The third-order valence-electron chi connectivity index (χ3n) is 6.34. The van der Waals surface area contributed by atoms with Crippen LogP contribution in [0, 0.1) is 11.3 Å². The normalized spacial score (nSPS) is 22.6. The Morgan fingerprint density at radius 2 is 1.71 bits per heavy atom. The molecule has 172 valence electrons. The van der Waals surface area contributed by atoms with E-state index in [0.717, 1.165) is 51.3 Å². The molecule has 0 aromatic heterocycles. The molecular formula is C24H36ClN3O3. The van der Waals surface area contributed by atoms with Gasteiger partial charge in [0.05, 0.1) is 6.61 Å². The third kappa shape index (κ3) is 6.84. The van der Waals surface area contributed by atoms with E-state index in [2.05, 4.69) is 25.8 Å². The number of rotatable bonds is 7. The summed E-state index contributed by atoms with van der Waals surface area (Å²) >= 11 is 6.00. The fraction of sp³-hybridized carbons (Fsp3) is 0.667. The first kappa shape index (κ1) is 23.9. The van der Waals surface area contributed by atoms with Crippen LogP contribution in [-0.4, -0.2) is 79.4 Å². The molecule has 2 heterocycles. The Kier molecular flexibility index (Phi) is 8.23. The van der Waals surface area contributed by atoms with Crippen LogP contribution in [0.2, 0.25) is 5.02 Å². The van der Waals surface area contributed by atoms with Gasteiger partial charge >= 0.3 is 0 Å². The van der Waals surface area contributed by atoms with E-state index in [1.165, 1.54) is 0 Å². The molecule has 0 unspecified atom stereocenters. The Bertz CT molecular complexity index is 747. The summed E-state index contributed by atoms with van der Waals surface area (Å²) in [5.41, 5.74) is -0.370. The molecule has 0 aliphatic carbocycles. The SMILES string of the molecule is CC(C)CC(=O)N1CCC[C@@](COc2ccc(Cl)cc2)(CC(=O)N2CCN(C)CC2)C1. The Labute approximate surface area is 191 Å². The zero-order valence-electron chi connectivity index (χ0n) is 19.1. The Morgan fingerprint density at radius 3 is 2.35 bits per heavy atom. The van der Waals surface area contributed by atoms with Crippen LogP contribution in [0.15, 0.2) is 24.3 Å². The summed E-state index contributed by atoms with van der Waals surface area (Å²) in [6.45, 7) is 9.21. The Morgan fingerprint density at radius 1 is 1.03 bits per heavy atom. The lowest BCUT2D eigenvalue weighted by atomic mass is 9.77. The highest BCUT2D eigenvalue weighted by Crippen LogP contribution is 2.36. The van der Waals surface area contributed by atoms with Gasteiger partial charge in [-0.3, -0.25) is 9.59 Å². The van der Waals surface area contributed by atoms with Crippen molar-refractivity contribution < 1.29 is 14.3 Å². The van der Waals surface area contributed by atoms with Crippen LogP contribution in [0.4, 0.5) is 0 Å². The number of benzene rings is 1. The number of likely N-dealkylation sites (tertiary alicyclic amines) is 1. The zero-order valence-corrected chi connectivity index (χ0v) is 19.9. The van der Waals surface area contributed by atoms with Crippen molar-refractivity contribution in [3.05, 3.63) is 29.3 Å². The predicted octanol–water partition coefficient (Wildman–Crippen LogP) is 3.54. The molecular weight excluding hydrogens is 414 g/mol. The molecule has 6 nitrogen and oxygen atoms in total. The minimum absolute atomic E-state index is 0.172. The molecule has 1 aromatic rings. The van der Waals surface area contributed by atoms with Crippen molar-refractivity contribution in [3.8, 4) is 5.75 Å². The van der Waals surface area contributed by atoms with Gasteiger partial charge in [-0.1, -0.05) is 25.4 Å². The van der Waals surface area contributed by atoms with Crippen LogP contribution < -0.4 is 4.74 Å². The minimum Gasteiger partial charge on any atom is -0.493 e. The van der Waals surface area contributed by atoms with Gasteiger partial charge < -0.3 is 19.4 Å². The van der Waals surface area contributed by atoms with Gasteiger partial charge in [-0.15, -0.1) is 0 Å². The van der Waals surface area contributed by atoms with Crippen LogP contribution in [-0.2, 0) is 9.59 Å². The first-order valence-electron chi connectivity index (χ1n) is 11.4. The average Bonchev–Trinajstić information content (AvgIpc) is 2.73. The molecule has 31 heavy (non-hydrogen) atoms. The molecule has 0 N–H and O–H groups in total. The summed E-state index contributed by atoms with van der Waals surface area (Å²) in [6, 6.07) is 7.31. The van der Waals surface area contributed by atoms with Crippen molar-refractivity contribution in [1.82, 2.24) is 14.7 Å². The van der Waals surface area contributed by atoms with E-state index in [1.807, 2.05) is 21.9 Å². The monoisotopic (exact) mass is 449 g/mol. The quantitative estimate of drug-likeness (QED) is 0.639. The summed E-state index contributed by atoms with van der Waals surface area (Å²) < 4.78 is 6.14. The van der Waals surface area contributed by atoms with Crippen molar-refractivity contribution in [1.29, 1.82) is 0 Å². The average molecular weight is 450 g/mol. The van der Waals surface area contributed by atoms with Gasteiger partial charge in [0.25, 0.3) is 0 Å². The molecule has 2 amide bonds. The number of ether oxygens (including phenoxy) is 1. The number of nitrogens with zero attached hydrogens (tertiary/aromatic N) is 3. The highest BCUT2D eigenvalue weighted by Gasteiger charge is 2.41. The van der Waals surface area contributed by atoms with Crippen LogP contribution in [0.3, 0.4) is 0 Å². The second kappa shape index (κ2) is 10.7. The maximum Gasteiger partial charge on any atom is 0.223 e. The summed E-state index contributed by atoms with van der Waals surface area (Å²) in [5, 5.41) is 0.662. The second-order valence-corrected chi connectivity index (χ2v) is 10.1. The van der Waals surface area contributed by atoms with Crippen LogP contribution in [0.5, 0.6) is 5.75 Å². The molecule has 0 bridgehead atoms. The van der Waals surface area contributed by atoms with Gasteiger partial charge in [0.2, 0.25) is 11.8 Å². The summed E-state index contributed by atoms with van der Waals surface area (Å²) in [7, 11) is 2.09. The molecule has 2 saturated heterocycles. The lowest BCUT2D eigenvalue weighted by molar-refractivity contribution is -0.142. The van der Waals surface area contributed by atoms with E-state index < -0.39 is 0 Å². The Hall–Kier alpha value is -1.79. The van der Waals surface area contributed by atoms with E-state index in [9.17, 15) is 9.59 Å². The van der Waals surface area contributed by atoms with E-state index in [0.29, 0.717) is 36.9 Å². The number of hydrogen-bond donors (Lipinski definition) is 0. The maximum absolute atomic E-state index is 13.2. The largest absolute Gasteiger partial charge is 0.493 e. The third-order valence-corrected chi connectivity index (χ3v) is 6.59. The summed E-state index contributed by atoms with van der Waals surface area (Å²) in [4.78, 5) is 32.2. The minimum atomic E-state index is -0.370. The first-order valence-corrected chi connectivity index (χ1v) is 11.8. The number of piperazine rings is 1. The number of hydrogen-bond acceptors (Lipinski definition) is 4. The van der Waals surface area contributed by atoms with E-state index in [4.69, 9.17) is 16.3 Å². The lowest BCUT2D eigenvalue weighted by Gasteiger charge is -2.44. The second-order valence-electron chi connectivity index (χ2n) is 9.62.